The number of anilines is 2. The highest BCUT2D eigenvalue weighted by atomic mass is 15.3. The number of unbranched alkanes of at least 4 members (excludes halogenated alkanes) is 3. The van der Waals surface area contributed by atoms with Gasteiger partial charge >= 0.3 is 0 Å². The van der Waals surface area contributed by atoms with Crippen LogP contribution in [0.4, 0.5) is 11.6 Å². The summed E-state index contributed by atoms with van der Waals surface area (Å²) in [5.41, 5.74) is 2.51. The smallest absolute Gasteiger partial charge is 0.145 e. The maximum absolute atomic E-state index is 5.46. The Bertz CT molecular complexity index is 384. The summed E-state index contributed by atoms with van der Waals surface area (Å²) in [5, 5.41) is 3.34. The fourth-order valence-electron chi connectivity index (χ4n) is 1.72. The van der Waals surface area contributed by atoms with Gasteiger partial charge in [-0.2, -0.15) is 0 Å². The van der Waals surface area contributed by atoms with E-state index in [-0.39, 0.29) is 5.41 Å². The molecule has 0 bridgehead atoms. The first-order valence-electron chi connectivity index (χ1n) is 7.07. The van der Waals surface area contributed by atoms with Crippen LogP contribution < -0.4 is 16.6 Å². The molecule has 0 aliphatic heterocycles. The van der Waals surface area contributed by atoms with Gasteiger partial charge in [0.05, 0.1) is 0 Å². The maximum Gasteiger partial charge on any atom is 0.145 e. The van der Waals surface area contributed by atoms with Crippen molar-refractivity contribution in [3.63, 3.8) is 0 Å². The van der Waals surface area contributed by atoms with Gasteiger partial charge in [-0.05, 0) is 6.42 Å². The molecule has 19 heavy (non-hydrogen) atoms. The number of aromatic nitrogens is 2. The summed E-state index contributed by atoms with van der Waals surface area (Å²) < 4.78 is 0. The van der Waals surface area contributed by atoms with E-state index in [1.165, 1.54) is 19.3 Å². The molecule has 0 unspecified atom stereocenters. The number of rotatable bonds is 7. The van der Waals surface area contributed by atoms with Gasteiger partial charge in [0.1, 0.15) is 17.5 Å². The third-order valence-electron chi connectivity index (χ3n) is 2.88. The molecule has 0 spiro atoms. The molecule has 1 aromatic rings. The van der Waals surface area contributed by atoms with Crippen molar-refractivity contribution in [2.24, 2.45) is 5.84 Å². The third kappa shape index (κ3) is 5.42. The molecule has 1 heterocycles. The summed E-state index contributed by atoms with van der Waals surface area (Å²) in [7, 11) is 0. The lowest BCUT2D eigenvalue weighted by molar-refractivity contribution is 0.546. The Morgan fingerprint density at radius 3 is 2.37 bits per heavy atom. The summed E-state index contributed by atoms with van der Waals surface area (Å²) in [5.74, 6) is 7.73. The number of nitrogens with zero attached hydrogens (tertiary/aromatic N) is 2. The van der Waals surface area contributed by atoms with Gasteiger partial charge in [-0.1, -0.05) is 47.0 Å². The van der Waals surface area contributed by atoms with Gasteiger partial charge in [-0.3, -0.25) is 0 Å². The van der Waals surface area contributed by atoms with Crippen LogP contribution in [0.1, 0.15) is 59.2 Å². The van der Waals surface area contributed by atoms with Crippen molar-refractivity contribution in [2.75, 3.05) is 17.3 Å². The number of hydrazine groups is 1. The lowest BCUT2D eigenvalue weighted by Crippen LogP contribution is -2.20. The summed E-state index contributed by atoms with van der Waals surface area (Å²) in [4.78, 5) is 8.95. The zero-order valence-electron chi connectivity index (χ0n) is 12.6. The lowest BCUT2D eigenvalue weighted by Gasteiger charge is -2.18. The van der Waals surface area contributed by atoms with Crippen LogP contribution in [0.25, 0.3) is 0 Å². The van der Waals surface area contributed by atoms with E-state index in [0.717, 1.165) is 24.6 Å². The summed E-state index contributed by atoms with van der Waals surface area (Å²) in [6, 6.07) is 1.84. The topological polar surface area (TPSA) is 75.9 Å². The fraction of sp³-hybridized carbons (Fsp3) is 0.714. The molecule has 0 amide bonds. The monoisotopic (exact) mass is 265 g/mol. The molecule has 5 nitrogen and oxygen atoms in total. The second-order valence-corrected chi connectivity index (χ2v) is 5.84. The largest absolute Gasteiger partial charge is 0.370 e. The molecule has 0 saturated carbocycles. The number of nitrogen functional groups attached to an aromatic ring is 1. The predicted molar refractivity (Wildman–Crippen MR) is 81.2 cm³/mol. The molecule has 0 aliphatic rings. The molecule has 0 aromatic carbocycles. The van der Waals surface area contributed by atoms with E-state index in [2.05, 4.69) is 48.4 Å². The molecule has 0 fully saturated rings. The predicted octanol–water partition coefficient (Wildman–Crippen LogP) is 3.05. The van der Waals surface area contributed by atoms with E-state index >= 15 is 0 Å². The van der Waals surface area contributed by atoms with Gasteiger partial charge in [0.15, 0.2) is 0 Å². The summed E-state index contributed by atoms with van der Waals surface area (Å²) >= 11 is 0. The van der Waals surface area contributed by atoms with Crippen LogP contribution >= 0.6 is 0 Å². The van der Waals surface area contributed by atoms with Gasteiger partial charge in [-0.15, -0.1) is 0 Å². The standard InChI is InChI=1S/C14H27N5/c1-5-6-7-8-9-16-11-10-12(19-15)18-13(17-11)14(2,3)4/h10H,5-9,15H2,1-4H3,(H2,16,17,18,19). The molecule has 4 N–H and O–H groups in total. The SMILES string of the molecule is CCCCCCNc1cc(NN)nc(C(C)(C)C)n1. The molecule has 5 heteroatoms. The minimum absolute atomic E-state index is 0.0918. The van der Waals surface area contributed by atoms with Crippen LogP contribution in [0, 0.1) is 0 Å². The molecular formula is C14H27N5. The zero-order valence-corrected chi connectivity index (χ0v) is 12.6. The Morgan fingerprint density at radius 1 is 1.11 bits per heavy atom. The molecule has 1 rings (SSSR count). The number of nitrogens with two attached hydrogens (primary N) is 1. The third-order valence-corrected chi connectivity index (χ3v) is 2.88. The fourth-order valence-corrected chi connectivity index (χ4v) is 1.72. The van der Waals surface area contributed by atoms with Crippen LogP contribution in [0.2, 0.25) is 0 Å². The molecule has 0 atom stereocenters. The van der Waals surface area contributed by atoms with E-state index in [1.54, 1.807) is 0 Å². The highest BCUT2D eigenvalue weighted by Crippen LogP contribution is 2.21. The number of hydrogen-bond donors (Lipinski definition) is 3. The van der Waals surface area contributed by atoms with Crippen molar-refractivity contribution >= 4 is 11.6 Å². The number of hydrogen-bond acceptors (Lipinski definition) is 5. The van der Waals surface area contributed by atoms with Gasteiger partial charge in [0.25, 0.3) is 0 Å². The van der Waals surface area contributed by atoms with Crippen LogP contribution in [0.15, 0.2) is 6.07 Å². The first-order chi connectivity index (χ1) is 8.97. The average Bonchev–Trinajstić information content (AvgIpc) is 2.37. The van der Waals surface area contributed by atoms with E-state index < -0.39 is 0 Å². The van der Waals surface area contributed by atoms with Crippen LogP contribution in [0.3, 0.4) is 0 Å². The zero-order chi connectivity index (χ0) is 14.3. The Balaban J connectivity index is 2.67. The maximum atomic E-state index is 5.46. The van der Waals surface area contributed by atoms with Crippen LogP contribution in [-0.2, 0) is 5.41 Å². The van der Waals surface area contributed by atoms with Crippen LogP contribution in [0.5, 0.6) is 0 Å². The molecule has 0 saturated heterocycles. The second-order valence-electron chi connectivity index (χ2n) is 5.84. The van der Waals surface area contributed by atoms with Gasteiger partial charge in [-0.25, -0.2) is 15.8 Å². The average molecular weight is 265 g/mol. The highest BCUT2D eigenvalue weighted by molar-refractivity contribution is 5.47. The van der Waals surface area contributed by atoms with Crippen molar-refractivity contribution in [3.8, 4) is 0 Å². The summed E-state index contributed by atoms with van der Waals surface area (Å²) in [6.07, 6.45) is 4.95. The van der Waals surface area contributed by atoms with Gasteiger partial charge < -0.3 is 10.7 Å². The molecule has 1 aromatic heterocycles. The second kappa shape index (κ2) is 7.28. The van der Waals surface area contributed by atoms with Gasteiger partial charge in [0.2, 0.25) is 0 Å². The van der Waals surface area contributed by atoms with E-state index in [1.807, 2.05) is 6.07 Å². The van der Waals surface area contributed by atoms with Crippen molar-refractivity contribution in [2.45, 2.75) is 58.8 Å². The molecule has 0 radical (unpaired) electrons. The van der Waals surface area contributed by atoms with Crippen molar-refractivity contribution in [3.05, 3.63) is 11.9 Å². The van der Waals surface area contributed by atoms with Crippen molar-refractivity contribution < 1.29 is 0 Å². The van der Waals surface area contributed by atoms with Crippen molar-refractivity contribution in [1.29, 1.82) is 0 Å². The van der Waals surface area contributed by atoms with E-state index in [0.29, 0.717) is 5.82 Å². The Labute approximate surface area is 116 Å². The summed E-state index contributed by atoms with van der Waals surface area (Å²) in [6.45, 7) is 9.42. The quantitative estimate of drug-likeness (QED) is 0.401. The normalized spacial score (nSPS) is 11.4. The van der Waals surface area contributed by atoms with Crippen molar-refractivity contribution in [1.82, 2.24) is 9.97 Å². The first kappa shape index (κ1) is 15.7. The van der Waals surface area contributed by atoms with Crippen LogP contribution in [-0.4, -0.2) is 16.5 Å². The minimum Gasteiger partial charge on any atom is -0.370 e. The van der Waals surface area contributed by atoms with E-state index in [4.69, 9.17) is 5.84 Å². The first-order valence-corrected chi connectivity index (χ1v) is 7.07. The van der Waals surface area contributed by atoms with E-state index in [9.17, 15) is 0 Å². The Kier molecular flexibility index (Phi) is 6.02. The highest BCUT2D eigenvalue weighted by Gasteiger charge is 2.18. The molecule has 0 aliphatic carbocycles. The minimum atomic E-state index is -0.0918. The molecular weight excluding hydrogens is 238 g/mol. The van der Waals surface area contributed by atoms with Gasteiger partial charge in [0, 0.05) is 18.0 Å². The lowest BCUT2D eigenvalue weighted by atomic mass is 9.96. The Hall–Kier alpha value is -1.36. The molecule has 108 valence electrons. The number of nitrogens with one attached hydrogen (secondary N) is 2. The Morgan fingerprint density at radius 2 is 1.79 bits per heavy atom.